The lowest BCUT2D eigenvalue weighted by atomic mass is 9.66. The van der Waals surface area contributed by atoms with Crippen molar-refractivity contribution in [3.63, 3.8) is 0 Å². The van der Waals surface area contributed by atoms with Gasteiger partial charge >= 0.3 is 0 Å². The molecule has 218 valence electrons. The van der Waals surface area contributed by atoms with Crippen molar-refractivity contribution < 1.29 is 14.4 Å². The molecule has 1 saturated heterocycles. The quantitative estimate of drug-likeness (QED) is 0.198. The molecule has 0 bridgehead atoms. The molecule has 2 atom stereocenters. The molecule has 0 saturated carbocycles. The van der Waals surface area contributed by atoms with Crippen molar-refractivity contribution in [3.8, 4) is 0 Å². The first-order valence-corrected chi connectivity index (χ1v) is 15.5. The van der Waals surface area contributed by atoms with E-state index in [4.69, 9.17) is 11.6 Å². The number of imide groups is 1. The number of anilines is 2. The van der Waals surface area contributed by atoms with Gasteiger partial charge in [-0.05, 0) is 76.6 Å². The van der Waals surface area contributed by atoms with Crippen molar-refractivity contribution >= 4 is 56.6 Å². The van der Waals surface area contributed by atoms with Gasteiger partial charge in [0.1, 0.15) is 0 Å². The highest BCUT2D eigenvalue weighted by molar-refractivity contribution is 9.10. The largest absolute Gasteiger partial charge is 0.307 e. The topological polar surface area (TPSA) is 57.7 Å². The molecule has 0 aliphatic carbocycles. The summed E-state index contributed by atoms with van der Waals surface area (Å²) in [6.45, 7) is 6.69. The van der Waals surface area contributed by atoms with Gasteiger partial charge in [0.25, 0.3) is 0 Å². The summed E-state index contributed by atoms with van der Waals surface area (Å²) in [5.74, 6) is -1.79. The van der Waals surface area contributed by atoms with E-state index in [0.717, 1.165) is 21.2 Å². The molecule has 1 fully saturated rings. The molecule has 2 heterocycles. The molecule has 2 aliphatic heterocycles. The molecule has 5 nitrogen and oxygen atoms in total. The highest BCUT2D eigenvalue weighted by Crippen LogP contribution is 2.53. The third-order valence-electron chi connectivity index (χ3n) is 8.67. The predicted molar refractivity (Wildman–Crippen MR) is 174 cm³/mol. The van der Waals surface area contributed by atoms with Crippen LogP contribution in [0.5, 0.6) is 0 Å². The van der Waals surface area contributed by atoms with Crippen LogP contribution >= 0.6 is 27.5 Å². The minimum atomic E-state index is -1.32. The number of hydrogen-bond acceptors (Lipinski definition) is 3. The zero-order valence-corrected chi connectivity index (χ0v) is 26.7. The second kappa shape index (κ2) is 11.1. The molecule has 3 amide bonds. The number of carbonyl (C=O) groups excluding carboxylic acids is 3. The second-order valence-electron chi connectivity index (χ2n) is 12.4. The Morgan fingerprint density at radius 2 is 1.53 bits per heavy atom. The van der Waals surface area contributed by atoms with Crippen LogP contribution in [0.25, 0.3) is 0 Å². The number of nitrogens with zero attached hydrogens (tertiary/aromatic N) is 2. The zero-order valence-electron chi connectivity index (χ0n) is 24.3. The summed E-state index contributed by atoms with van der Waals surface area (Å²) < 4.78 is 0.911. The third kappa shape index (κ3) is 5.21. The molecule has 0 spiro atoms. The Labute approximate surface area is 265 Å². The van der Waals surface area contributed by atoms with E-state index in [-0.39, 0.29) is 36.0 Å². The van der Waals surface area contributed by atoms with Crippen LogP contribution in [-0.4, -0.2) is 17.7 Å². The fourth-order valence-electron chi connectivity index (χ4n) is 6.44. The summed E-state index contributed by atoms with van der Waals surface area (Å²) >= 11 is 10.1. The lowest BCUT2D eigenvalue weighted by molar-refractivity contribution is -0.131. The minimum Gasteiger partial charge on any atom is -0.307 e. The molecule has 0 N–H and O–H groups in total. The van der Waals surface area contributed by atoms with E-state index < -0.39 is 11.3 Å². The molecule has 7 heteroatoms. The highest BCUT2D eigenvalue weighted by Gasteiger charge is 2.61. The van der Waals surface area contributed by atoms with E-state index >= 15 is 0 Å². The summed E-state index contributed by atoms with van der Waals surface area (Å²) in [6.07, 6.45) is 0.172. The van der Waals surface area contributed by atoms with Crippen molar-refractivity contribution in [3.05, 3.63) is 129 Å². The molecular formula is C36H32BrClN2O3. The van der Waals surface area contributed by atoms with Gasteiger partial charge in [-0.15, -0.1) is 0 Å². The monoisotopic (exact) mass is 654 g/mol. The van der Waals surface area contributed by atoms with Crippen LogP contribution in [0.4, 0.5) is 11.4 Å². The standard InChI is InChI=1S/C36H32BrClN2O3/c1-35(2,3)25-11-16-28(17-12-25)40-32(41)20-30(33(40)42)36(21-23-9-13-26(37)14-10-23)29-19-27(38)15-18-31(29)39(34(36)43)22-24-7-5-4-6-8-24/h4-19,30H,20-22H2,1-3H3/t30-,36+/m0/s1. The lowest BCUT2D eigenvalue weighted by Gasteiger charge is -2.33. The summed E-state index contributed by atoms with van der Waals surface area (Å²) in [5, 5.41) is 0.472. The Morgan fingerprint density at radius 1 is 0.860 bits per heavy atom. The van der Waals surface area contributed by atoms with E-state index in [9.17, 15) is 14.4 Å². The van der Waals surface area contributed by atoms with Crippen LogP contribution in [0.15, 0.2) is 102 Å². The number of carbonyl (C=O) groups is 3. The van der Waals surface area contributed by atoms with Crippen LogP contribution in [0.2, 0.25) is 5.02 Å². The van der Waals surface area contributed by atoms with Gasteiger partial charge in [0, 0.05) is 21.6 Å². The van der Waals surface area contributed by atoms with Crippen LogP contribution in [0.3, 0.4) is 0 Å². The smallest absolute Gasteiger partial charge is 0.239 e. The SMILES string of the molecule is CC(C)(C)c1ccc(N2C(=O)C[C@H]([C@]3(Cc4ccc(Br)cc4)C(=O)N(Cc4ccccc4)c4ccc(Cl)cc43)C2=O)cc1. The summed E-state index contributed by atoms with van der Waals surface area (Å²) in [7, 11) is 0. The van der Waals surface area contributed by atoms with Crippen LogP contribution in [-0.2, 0) is 38.2 Å². The van der Waals surface area contributed by atoms with Crippen molar-refractivity contribution in [2.45, 2.75) is 51.0 Å². The zero-order chi connectivity index (χ0) is 30.5. The fraction of sp³-hybridized carbons (Fsp3) is 0.250. The third-order valence-corrected chi connectivity index (χ3v) is 9.43. The van der Waals surface area contributed by atoms with Gasteiger partial charge in [0.05, 0.1) is 23.6 Å². The Kier molecular flexibility index (Phi) is 7.55. The van der Waals surface area contributed by atoms with E-state index in [2.05, 4.69) is 36.7 Å². The summed E-state index contributed by atoms with van der Waals surface area (Å²) in [6, 6.07) is 30.5. The van der Waals surface area contributed by atoms with Crippen LogP contribution in [0, 0.1) is 5.92 Å². The van der Waals surface area contributed by atoms with E-state index in [1.165, 1.54) is 4.90 Å². The highest BCUT2D eigenvalue weighted by atomic mass is 79.9. The number of halogens is 2. The number of hydrogen-bond donors (Lipinski definition) is 0. The maximum absolute atomic E-state index is 14.9. The minimum absolute atomic E-state index is 0.0731. The van der Waals surface area contributed by atoms with Crippen LogP contribution < -0.4 is 9.80 Å². The van der Waals surface area contributed by atoms with Gasteiger partial charge in [-0.1, -0.05) is 103 Å². The molecule has 0 unspecified atom stereocenters. The first-order valence-electron chi connectivity index (χ1n) is 14.4. The van der Waals surface area contributed by atoms with Crippen molar-refractivity contribution in [2.75, 3.05) is 9.80 Å². The van der Waals surface area contributed by atoms with Gasteiger partial charge in [0.15, 0.2) is 0 Å². The van der Waals surface area contributed by atoms with Gasteiger partial charge in [0.2, 0.25) is 17.7 Å². The number of benzene rings is 4. The van der Waals surface area contributed by atoms with Gasteiger partial charge < -0.3 is 4.90 Å². The number of rotatable bonds is 6. The van der Waals surface area contributed by atoms with Gasteiger partial charge in [-0.2, -0.15) is 0 Å². The Balaban J connectivity index is 1.48. The summed E-state index contributed by atoms with van der Waals surface area (Å²) in [5.41, 5.74) is 3.46. The molecular weight excluding hydrogens is 624 g/mol. The van der Waals surface area contributed by atoms with Crippen molar-refractivity contribution in [1.29, 1.82) is 0 Å². The molecule has 4 aromatic rings. The lowest BCUT2D eigenvalue weighted by Crippen LogP contribution is -2.50. The maximum Gasteiger partial charge on any atom is 0.239 e. The van der Waals surface area contributed by atoms with E-state index in [1.807, 2.05) is 84.9 Å². The maximum atomic E-state index is 14.9. The first kappa shape index (κ1) is 29.3. The molecule has 4 aromatic carbocycles. The molecule has 0 aromatic heterocycles. The molecule has 2 aliphatic rings. The first-order chi connectivity index (χ1) is 20.5. The number of fused-ring (bicyclic) bond motifs is 1. The Bertz CT molecular complexity index is 1710. The van der Waals surface area contributed by atoms with E-state index in [1.54, 1.807) is 17.0 Å². The molecule has 0 radical (unpaired) electrons. The Hall–Kier alpha value is -3.74. The average Bonchev–Trinajstić information content (AvgIpc) is 3.40. The van der Waals surface area contributed by atoms with Gasteiger partial charge in [-0.25, -0.2) is 0 Å². The molecule has 43 heavy (non-hydrogen) atoms. The van der Waals surface area contributed by atoms with E-state index in [0.29, 0.717) is 28.5 Å². The van der Waals surface area contributed by atoms with Crippen molar-refractivity contribution in [1.82, 2.24) is 0 Å². The molecule has 6 rings (SSSR count). The van der Waals surface area contributed by atoms with Crippen LogP contribution in [0.1, 0.15) is 49.4 Å². The second-order valence-corrected chi connectivity index (χ2v) is 13.8. The number of amides is 3. The normalized spacial score (nSPS) is 20.2. The average molecular weight is 656 g/mol. The predicted octanol–water partition coefficient (Wildman–Crippen LogP) is 8.01. The Morgan fingerprint density at radius 3 is 2.19 bits per heavy atom. The summed E-state index contributed by atoms with van der Waals surface area (Å²) in [4.78, 5) is 46.0. The fourth-order valence-corrected chi connectivity index (χ4v) is 6.88. The van der Waals surface area contributed by atoms with Gasteiger partial charge in [-0.3, -0.25) is 19.3 Å². The van der Waals surface area contributed by atoms with Crippen molar-refractivity contribution in [2.24, 2.45) is 5.92 Å².